The average molecular weight is 268 g/mol. The number of aliphatic hydroxyl groups excluding tert-OH is 1. The molecule has 3 atom stereocenters. The molecule has 0 aliphatic carbocycles. The van der Waals surface area contributed by atoms with Gasteiger partial charge in [-0.1, -0.05) is 29.8 Å². The highest BCUT2D eigenvalue weighted by Gasteiger charge is 2.27. The third-order valence-electron chi connectivity index (χ3n) is 4.07. The van der Waals surface area contributed by atoms with Crippen LogP contribution in [0.1, 0.15) is 38.3 Å². The number of rotatable bonds is 3. The summed E-state index contributed by atoms with van der Waals surface area (Å²) in [5.41, 5.74) is 1.19. The molecule has 0 bridgehead atoms. The van der Waals surface area contributed by atoms with Gasteiger partial charge >= 0.3 is 0 Å². The van der Waals surface area contributed by atoms with Crippen LogP contribution in [0.15, 0.2) is 24.3 Å². The Hall–Kier alpha value is -0.570. The normalized spacial score (nSPS) is 24.8. The molecule has 1 aliphatic heterocycles. The Morgan fingerprint density at radius 3 is 2.72 bits per heavy atom. The van der Waals surface area contributed by atoms with Crippen LogP contribution in [0.4, 0.5) is 0 Å². The van der Waals surface area contributed by atoms with Gasteiger partial charge in [-0.15, -0.1) is 0 Å². The fourth-order valence-corrected chi connectivity index (χ4v) is 3.09. The van der Waals surface area contributed by atoms with E-state index in [9.17, 15) is 5.11 Å². The molecule has 0 saturated carbocycles. The summed E-state index contributed by atoms with van der Waals surface area (Å²) in [5.74, 6) is 0.392. The second kappa shape index (κ2) is 6.05. The molecule has 1 heterocycles. The summed E-state index contributed by atoms with van der Waals surface area (Å²) in [4.78, 5) is 2.43. The summed E-state index contributed by atoms with van der Waals surface area (Å²) in [6, 6.07) is 8.36. The number of halogens is 1. The monoisotopic (exact) mass is 267 g/mol. The number of likely N-dealkylation sites (tertiary alicyclic amines) is 1. The van der Waals surface area contributed by atoms with Crippen molar-refractivity contribution < 1.29 is 5.11 Å². The minimum atomic E-state index is -0.216. The molecular weight excluding hydrogens is 246 g/mol. The van der Waals surface area contributed by atoms with Crippen molar-refractivity contribution in [2.45, 2.75) is 38.8 Å². The summed E-state index contributed by atoms with van der Waals surface area (Å²) in [6.45, 7) is 6.15. The number of hydrogen-bond donors (Lipinski definition) is 1. The lowest BCUT2D eigenvalue weighted by atomic mass is 9.91. The van der Waals surface area contributed by atoms with Crippen molar-refractivity contribution in [3.05, 3.63) is 34.9 Å². The molecule has 2 rings (SSSR count). The van der Waals surface area contributed by atoms with E-state index in [1.54, 1.807) is 0 Å². The minimum absolute atomic E-state index is 0.216. The van der Waals surface area contributed by atoms with Gasteiger partial charge in [0.1, 0.15) is 0 Å². The van der Waals surface area contributed by atoms with Crippen molar-refractivity contribution >= 4 is 11.6 Å². The Balaban J connectivity index is 2.09. The van der Waals surface area contributed by atoms with E-state index in [-0.39, 0.29) is 6.10 Å². The predicted octanol–water partition coefficient (Wildman–Crippen LogP) is 3.49. The molecule has 0 amide bonds. The molecule has 1 N–H and O–H groups in total. The Kier molecular flexibility index (Phi) is 4.66. The van der Waals surface area contributed by atoms with Crippen LogP contribution in [0.2, 0.25) is 5.02 Å². The zero-order valence-corrected chi connectivity index (χ0v) is 11.9. The van der Waals surface area contributed by atoms with Gasteiger partial charge in [-0.25, -0.2) is 0 Å². The summed E-state index contributed by atoms with van der Waals surface area (Å²) in [7, 11) is 0. The van der Waals surface area contributed by atoms with Crippen LogP contribution in [0.25, 0.3) is 0 Å². The molecule has 1 fully saturated rings. The van der Waals surface area contributed by atoms with Gasteiger partial charge < -0.3 is 5.11 Å². The summed E-state index contributed by atoms with van der Waals surface area (Å²) < 4.78 is 0. The maximum Gasteiger partial charge on any atom is 0.0552 e. The lowest BCUT2D eigenvalue weighted by molar-refractivity contribution is 0.0471. The molecule has 0 aromatic heterocycles. The summed E-state index contributed by atoms with van der Waals surface area (Å²) in [5, 5.41) is 10.6. The van der Waals surface area contributed by atoms with Crippen molar-refractivity contribution in [3.8, 4) is 0 Å². The van der Waals surface area contributed by atoms with Gasteiger partial charge in [0.2, 0.25) is 0 Å². The predicted molar refractivity (Wildman–Crippen MR) is 75.8 cm³/mol. The average Bonchev–Trinajstić information content (AvgIpc) is 2.38. The van der Waals surface area contributed by atoms with Crippen LogP contribution in [0.5, 0.6) is 0 Å². The fourth-order valence-electron chi connectivity index (χ4n) is 2.80. The van der Waals surface area contributed by atoms with Gasteiger partial charge in [0.05, 0.1) is 6.10 Å². The Morgan fingerprint density at radius 1 is 1.33 bits per heavy atom. The molecule has 3 unspecified atom stereocenters. The van der Waals surface area contributed by atoms with Gasteiger partial charge in [-0.05, 0) is 50.8 Å². The van der Waals surface area contributed by atoms with Crippen LogP contribution in [0, 0.1) is 5.92 Å². The smallest absolute Gasteiger partial charge is 0.0552 e. The Morgan fingerprint density at radius 2 is 2.06 bits per heavy atom. The lowest BCUT2D eigenvalue weighted by Gasteiger charge is -2.38. The molecule has 0 radical (unpaired) electrons. The first-order valence-corrected chi connectivity index (χ1v) is 7.14. The molecule has 3 heteroatoms. The fraction of sp³-hybridized carbons (Fsp3) is 0.600. The first-order valence-electron chi connectivity index (χ1n) is 6.76. The SMILES string of the molecule is CC(O)C1CCCN(C(C)c2ccccc2Cl)C1. The largest absolute Gasteiger partial charge is 0.393 e. The zero-order valence-electron chi connectivity index (χ0n) is 11.1. The third-order valence-corrected chi connectivity index (χ3v) is 4.42. The molecule has 18 heavy (non-hydrogen) atoms. The quantitative estimate of drug-likeness (QED) is 0.906. The van der Waals surface area contributed by atoms with Crippen LogP contribution in [0.3, 0.4) is 0 Å². The Bertz CT molecular complexity index is 394. The van der Waals surface area contributed by atoms with Crippen LogP contribution >= 0.6 is 11.6 Å². The van der Waals surface area contributed by atoms with Crippen molar-refractivity contribution in [1.82, 2.24) is 4.90 Å². The van der Waals surface area contributed by atoms with Crippen molar-refractivity contribution in [1.29, 1.82) is 0 Å². The number of piperidine rings is 1. The number of hydrogen-bond acceptors (Lipinski definition) is 2. The standard InChI is InChI=1S/C15H22ClNO/c1-11(14-7-3-4-8-15(14)16)17-9-5-6-13(10-17)12(2)18/h3-4,7-8,11-13,18H,5-6,9-10H2,1-2H3. The van der Waals surface area contributed by atoms with Gasteiger partial charge in [-0.2, -0.15) is 0 Å². The molecule has 2 nitrogen and oxygen atoms in total. The molecule has 0 spiro atoms. The van der Waals surface area contributed by atoms with E-state index in [1.807, 2.05) is 25.1 Å². The highest BCUT2D eigenvalue weighted by Crippen LogP contribution is 2.31. The van der Waals surface area contributed by atoms with Gasteiger partial charge in [0.25, 0.3) is 0 Å². The molecule has 1 aromatic carbocycles. The highest BCUT2D eigenvalue weighted by atomic mass is 35.5. The third kappa shape index (κ3) is 3.05. The van der Waals surface area contributed by atoms with Gasteiger partial charge in [0.15, 0.2) is 0 Å². The molecular formula is C15H22ClNO. The summed E-state index contributed by atoms with van der Waals surface area (Å²) >= 11 is 6.26. The Labute approximate surface area is 115 Å². The molecule has 1 aliphatic rings. The molecule has 1 saturated heterocycles. The number of aliphatic hydroxyl groups is 1. The maximum atomic E-state index is 9.75. The highest BCUT2D eigenvalue weighted by molar-refractivity contribution is 6.31. The van der Waals surface area contributed by atoms with Crippen molar-refractivity contribution in [3.63, 3.8) is 0 Å². The van der Waals surface area contributed by atoms with Gasteiger partial charge in [-0.3, -0.25) is 4.90 Å². The van der Waals surface area contributed by atoms with E-state index < -0.39 is 0 Å². The second-order valence-corrected chi connectivity index (χ2v) is 5.74. The molecule has 100 valence electrons. The second-order valence-electron chi connectivity index (χ2n) is 5.34. The van der Waals surface area contributed by atoms with Crippen LogP contribution in [-0.2, 0) is 0 Å². The van der Waals surface area contributed by atoms with E-state index in [0.29, 0.717) is 12.0 Å². The lowest BCUT2D eigenvalue weighted by Crippen LogP contribution is -2.40. The van der Waals surface area contributed by atoms with Crippen molar-refractivity contribution in [2.75, 3.05) is 13.1 Å². The van der Waals surface area contributed by atoms with E-state index >= 15 is 0 Å². The van der Waals surface area contributed by atoms with E-state index in [1.165, 1.54) is 5.56 Å². The van der Waals surface area contributed by atoms with E-state index in [2.05, 4.69) is 17.9 Å². The summed E-state index contributed by atoms with van der Waals surface area (Å²) in [6.07, 6.45) is 2.07. The first kappa shape index (κ1) is 13.9. The topological polar surface area (TPSA) is 23.5 Å². The van der Waals surface area contributed by atoms with E-state index in [0.717, 1.165) is 31.0 Å². The van der Waals surface area contributed by atoms with E-state index in [4.69, 9.17) is 11.6 Å². The van der Waals surface area contributed by atoms with Gasteiger partial charge in [0, 0.05) is 17.6 Å². The number of benzene rings is 1. The molecule has 1 aromatic rings. The zero-order chi connectivity index (χ0) is 13.1. The minimum Gasteiger partial charge on any atom is -0.393 e. The number of nitrogens with zero attached hydrogens (tertiary/aromatic N) is 1. The maximum absolute atomic E-state index is 9.75. The van der Waals surface area contributed by atoms with Crippen LogP contribution < -0.4 is 0 Å². The van der Waals surface area contributed by atoms with Crippen LogP contribution in [-0.4, -0.2) is 29.2 Å². The first-order chi connectivity index (χ1) is 8.59. The van der Waals surface area contributed by atoms with Crippen molar-refractivity contribution in [2.24, 2.45) is 5.92 Å².